The van der Waals surface area contributed by atoms with E-state index >= 15 is 0 Å². The molecule has 0 unspecified atom stereocenters. The second kappa shape index (κ2) is 10.6. The zero-order valence-corrected chi connectivity index (χ0v) is 21.4. The fourth-order valence-corrected chi connectivity index (χ4v) is 5.09. The summed E-state index contributed by atoms with van der Waals surface area (Å²) in [7, 11) is 0. The van der Waals surface area contributed by atoms with Crippen molar-refractivity contribution in [3.05, 3.63) is 88.7 Å². The van der Waals surface area contributed by atoms with E-state index in [2.05, 4.69) is 20.1 Å². The van der Waals surface area contributed by atoms with Gasteiger partial charge in [-0.3, -0.25) is 4.79 Å². The molecule has 38 heavy (non-hydrogen) atoms. The standard InChI is InChI=1S/C28H26ClF3N4O2/c1-2-24-26(25-17-20(29)13-16-36(25)34-24)27(37)33-21-5-7-22(8-6-21)35-14-11-19(12-15-35)18-3-9-23(10-4-18)38-28(30,31)32/h3-10,13,16-17,19H,2,11-12,14-15H2,1H3,(H,33,37). The Morgan fingerprint density at radius 3 is 2.39 bits per heavy atom. The Morgan fingerprint density at radius 1 is 1.08 bits per heavy atom. The zero-order valence-electron chi connectivity index (χ0n) is 20.6. The van der Waals surface area contributed by atoms with Gasteiger partial charge in [0.05, 0.1) is 16.8 Å². The predicted octanol–water partition coefficient (Wildman–Crippen LogP) is 7.09. The molecule has 2 aromatic heterocycles. The highest BCUT2D eigenvalue weighted by Crippen LogP contribution is 2.33. The molecule has 1 saturated heterocycles. The minimum atomic E-state index is -4.69. The number of piperidine rings is 1. The summed E-state index contributed by atoms with van der Waals surface area (Å²) in [6, 6.07) is 17.3. The lowest BCUT2D eigenvalue weighted by Gasteiger charge is -2.34. The molecule has 0 saturated carbocycles. The van der Waals surface area contributed by atoms with E-state index in [0.717, 1.165) is 37.2 Å². The third kappa shape index (κ3) is 5.72. The number of hydrogen-bond donors (Lipinski definition) is 1. The SMILES string of the molecule is CCc1nn2ccc(Cl)cc2c1C(=O)Nc1ccc(N2CCC(c3ccc(OC(F)(F)F)cc3)CC2)cc1. The number of anilines is 2. The Balaban J connectivity index is 1.20. The van der Waals surface area contributed by atoms with Crippen LogP contribution in [0.5, 0.6) is 5.75 Å². The van der Waals surface area contributed by atoms with Crippen LogP contribution in [0.4, 0.5) is 24.5 Å². The fourth-order valence-electron chi connectivity index (χ4n) is 4.93. The van der Waals surface area contributed by atoms with Crippen molar-refractivity contribution in [2.75, 3.05) is 23.3 Å². The number of fused-ring (bicyclic) bond motifs is 1. The van der Waals surface area contributed by atoms with Gasteiger partial charge in [0.15, 0.2) is 0 Å². The van der Waals surface area contributed by atoms with Crippen LogP contribution in [0.25, 0.3) is 5.52 Å². The third-order valence-corrected chi connectivity index (χ3v) is 7.04. The van der Waals surface area contributed by atoms with Crippen molar-refractivity contribution in [3.8, 4) is 5.75 Å². The molecule has 0 aliphatic carbocycles. The van der Waals surface area contributed by atoms with E-state index in [1.54, 1.807) is 35.0 Å². The smallest absolute Gasteiger partial charge is 0.406 e. The summed E-state index contributed by atoms with van der Waals surface area (Å²) >= 11 is 6.15. The molecule has 0 spiro atoms. The average molecular weight is 543 g/mol. The summed E-state index contributed by atoms with van der Waals surface area (Å²) in [5, 5.41) is 8.01. The number of nitrogens with one attached hydrogen (secondary N) is 1. The molecule has 198 valence electrons. The number of halogens is 4. The second-order valence-corrected chi connectivity index (χ2v) is 9.67. The maximum absolute atomic E-state index is 13.1. The van der Waals surface area contributed by atoms with Gasteiger partial charge >= 0.3 is 6.36 Å². The number of carbonyl (C=O) groups is 1. The van der Waals surface area contributed by atoms with Gasteiger partial charge in [0, 0.05) is 35.7 Å². The Morgan fingerprint density at radius 2 is 1.76 bits per heavy atom. The summed E-state index contributed by atoms with van der Waals surface area (Å²) in [5.41, 5.74) is 4.61. The van der Waals surface area contributed by atoms with Gasteiger partial charge in [0.1, 0.15) is 5.75 Å². The molecule has 0 bridgehead atoms. The second-order valence-electron chi connectivity index (χ2n) is 9.23. The molecular formula is C28H26ClF3N4O2. The number of carbonyl (C=O) groups excluding carboxylic acids is 1. The van der Waals surface area contributed by atoms with Gasteiger partial charge in [-0.1, -0.05) is 30.7 Å². The lowest BCUT2D eigenvalue weighted by Crippen LogP contribution is -2.32. The molecular weight excluding hydrogens is 517 g/mol. The number of aryl methyl sites for hydroxylation is 1. The zero-order chi connectivity index (χ0) is 26.9. The van der Waals surface area contributed by atoms with E-state index in [9.17, 15) is 18.0 Å². The number of alkyl halides is 3. The van der Waals surface area contributed by atoms with Crippen LogP contribution in [0.15, 0.2) is 66.9 Å². The number of hydrogen-bond acceptors (Lipinski definition) is 4. The average Bonchev–Trinajstić information content (AvgIpc) is 3.27. The molecule has 2 aromatic carbocycles. The van der Waals surface area contributed by atoms with Gasteiger partial charge < -0.3 is 15.0 Å². The highest BCUT2D eigenvalue weighted by atomic mass is 35.5. The van der Waals surface area contributed by atoms with Gasteiger partial charge in [-0.25, -0.2) is 4.52 Å². The number of benzene rings is 2. The van der Waals surface area contributed by atoms with Gasteiger partial charge in [-0.2, -0.15) is 5.10 Å². The first-order chi connectivity index (χ1) is 18.2. The van der Waals surface area contributed by atoms with Crippen LogP contribution < -0.4 is 15.0 Å². The van der Waals surface area contributed by atoms with E-state index in [1.807, 2.05) is 31.2 Å². The van der Waals surface area contributed by atoms with E-state index in [4.69, 9.17) is 11.6 Å². The number of aromatic nitrogens is 2. The van der Waals surface area contributed by atoms with Crippen molar-refractivity contribution >= 4 is 34.4 Å². The first kappa shape index (κ1) is 25.9. The first-order valence-corrected chi connectivity index (χ1v) is 12.8. The summed E-state index contributed by atoms with van der Waals surface area (Å²) in [4.78, 5) is 15.4. The molecule has 1 N–H and O–H groups in total. The fraction of sp³-hybridized carbons (Fsp3) is 0.286. The molecule has 5 rings (SSSR count). The molecule has 1 aliphatic rings. The molecule has 10 heteroatoms. The Kier molecular flexibility index (Phi) is 7.21. The van der Waals surface area contributed by atoms with Crippen molar-refractivity contribution in [1.29, 1.82) is 0 Å². The monoisotopic (exact) mass is 542 g/mol. The lowest BCUT2D eigenvalue weighted by molar-refractivity contribution is -0.274. The van der Waals surface area contributed by atoms with E-state index in [0.29, 0.717) is 33.9 Å². The molecule has 1 aliphatic heterocycles. The van der Waals surface area contributed by atoms with Crippen molar-refractivity contribution < 1.29 is 22.7 Å². The number of amides is 1. The van der Waals surface area contributed by atoms with Crippen LogP contribution in [0.3, 0.4) is 0 Å². The van der Waals surface area contributed by atoms with Gasteiger partial charge in [0.25, 0.3) is 5.91 Å². The molecule has 6 nitrogen and oxygen atoms in total. The third-order valence-electron chi connectivity index (χ3n) is 6.80. The molecule has 1 fully saturated rings. The number of nitrogens with zero attached hydrogens (tertiary/aromatic N) is 3. The van der Waals surface area contributed by atoms with Crippen molar-refractivity contribution in [2.45, 2.75) is 38.5 Å². The topological polar surface area (TPSA) is 58.9 Å². The van der Waals surface area contributed by atoms with Crippen molar-refractivity contribution in [3.63, 3.8) is 0 Å². The highest BCUT2D eigenvalue weighted by Gasteiger charge is 2.31. The van der Waals surface area contributed by atoms with Crippen molar-refractivity contribution in [1.82, 2.24) is 9.61 Å². The summed E-state index contributed by atoms with van der Waals surface area (Å²) < 4.78 is 42.8. The first-order valence-electron chi connectivity index (χ1n) is 12.4. The molecule has 4 aromatic rings. The predicted molar refractivity (Wildman–Crippen MR) is 141 cm³/mol. The molecule has 1 amide bonds. The summed E-state index contributed by atoms with van der Waals surface area (Å²) in [5.74, 6) is -0.168. The quantitative estimate of drug-likeness (QED) is 0.283. The van der Waals surface area contributed by atoms with Crippen LogP contribution in [0, 0.1) is 0 Å². The van der Waals surface area contributed by atoms with Crippen LogP contribution >= 0.6 is 11.6 Å². The minimum Gasteiger partial charge on any atom is -0.406 e. The number of ether oxygens (including phenoxy) is 1. The largest absolute Gasteiger partial charge is 0.573 e. The maximum Gasteiger partial charge on any atom is 0.573 e. The normalized spacial score (nSPS) is 14.6. The van der Waals surface area contributed by atoms with E-state index in [1.165, 1.54) is 12.1 Å². The Bertz CT molecular complexity index is 1430. The van der Waals surface area contributed by atoms with Crippen LogP contribution in [-0.2, 0) is 6.42 Å². The highest BCUT2D eigenvalue weighted by molar-refractivity contribution is 6.31. The lowest BCUT2D eigenvalue weighted by atomic mass is 9.89. The molecule has 0 radical (unpaired) electrons. The van der Waals surface area contributed by atoms with E-state index in [-0.39, 0.29) is 17.6 Å². The van der Waals surface area contributed by atoms with Crippen LogP contribution in [0.2, 0.25) is 5.02 Å². The van der Waals surface area contributed by atoms with Crippen molar-refractivity contribution in [2.24, 2.45) is 0 Å². The number of pyridine rings is 1. The molecule has 3 heterocycles. The van der Waals surface area contributed by atoms with Gasteiger partial charge in [-0.15, -0.1) is 13.2 Å². The van der Waals surface area contributed by atoms with Gasteiger partial charge in [-0.05, 0) is 79.3 Å². The Labute approximate surface area is 223 Å². The van der Waals surface area contributed by atoms with E-state index < -0.39 is 6.36 Å². The van der Waals surface area contributed by atoms with Crippen LogP contribution in [0.1, 0.15) is 47.3 Å². The minimum absolute atomic E-state index is 0.206. The maximum atomic E-state index is 13.1. The summed E-state index contributed by atoms with van der Waals surface area (Å²) in [6.07, 6.45) is -0.568. The Hall–Kier alpha value is -3.72. The van der Waals surface area contributed by atoms with Crippen LogP contribution in [-0.4, -0.2) is 35.0 Å². The number of rotatable bonds is 6. The summed E-state index contributed by atoms with van der Waals surface area (Å²) in [6.45, 7) is 3.59. The van der Waals surface area contributed by atoms with Gasteiger partial charge in [0.2, 0.25) is 0 Å². The molecule has 0 atom stereocenters.